The first-order chi connectivity index (χ1) is 23.7. The van der Waals surface area contributed by atoms with Gasteiger partial charge in [-0.1, -0.05) is 30.3 Å². The van der Waals surface area contributed by atoms with E-state index in [4.69, 9.17) is 40.9 Å². The number of aliphatic hydroxyl groups is 8. The highest BCUT2D eigenvalue weighted by Crippen LogP contribution is 2.31. The van der Waals surface area contributed by atoms with E-state index < -0.39 is 123 Å². The molecule has 20 nitrogen and oxygen atoms in total. The molecule has 0 aromatic heterocycles. The molecule has 2 saturated heterocycles. The number of hydrogen-bond donors (Lipinski definition) is 13. The maximum absolute atomic E-state index is 12.5. The summed E-state index contributed by atoms with van der Waals surface area (Å²) >= 11 is 0. The third-order valence-electron chi connectivity index (χ3n) is 8.93. The minimum atomic E-state index is -1.85. The average molecular weight is 720 g/mol. The summed E-state index contributed by atoms with van der Waals surface area (Å²) < 4.78 is 27.7. The number of nitrogens with one attached hydrogen (secondary N) is 2. The molecule has 1 aromatic rings. The smallest absolute Gasteiger partial charge is 0.407 e. The largest absolute Gasteiger partial charge is 0.445 e. The number of hydrogen-bond acceptors (Lipinski definition) is 18. The van der Waals surface area contributed by atoms with Crippen molar-refractivity contribution in [2.24, 2.45) is 17.2 Å². The second-order valence-corrected chi connectivity index (χ2v) is 12.6. The van der Waals surface area contributed by atoms with Crippen LogP contribution >= 0.6 is 0 Å². The first kappa shape index (κ1) is 40.1. The van der Waals surface area contributed by atoms with Crippen LogP contribution in [-0.2, 0) is 35.1 Å². The molecule has 0 radical (unpaired) electrons. The molecule has 3 fully saturated rings. The van der Waals surface area contributed by atoms with Crippen molar-refractivity contribution in [1.29, 1.82) is 0 Å². The zero-order valence-corrected chi connectivity index (χ0v) is 27.0. The van der Waals surface area contributed by atoms with Crippen molar-refractivity contribution in [3.05, 3.63) is 35.9 Å². The van der Waals surface area contributed by atoms with Gasteiger partial charge in [0, 0.05) is 25.2 Å². The standard InChI is InChI=1S/C30H49N5O15/c31-13-8-14(32)26(24(43)25(13)49-28-21(40)18(33)19(38)17(10-36)48-28)50-29-23(42)22(41)20(39)16(47-29)9-35-27(44)15(37)6-7-34-30(45)46-11-12-4-2-1-3-5-12/h1-5,13-26,28-29,36-43H,6-11,31-33H2,(H,34,45)(H,35,44)/t13-,14+,15+,16-,17-,18+,19-,20-,21-,22+,23-,24-,25+,26-,28-,29-/m1/s1. The van der Waals surface area contributed by atoms with Crippen molar-refractivity contribution in [2.75, 3.05) is 19.7 Å². The Kier molecular flexibility index (Phi) is 14.6. The molecular weight excluding hydrogens is 670 g/mol. The van der Waals surface area contributed by atoms with E-state index in [-0.39, 0.29) is 26.0 Å². The highest BCUT2D eigenvalue weighted by molar-refractivity contribution is 5.80. The summed E-state index contributed by atoms with van der Waals surface area (Å²) in [7, 11) is 0. The van der Waals surface area contributed by atoms with Gasteiger partial charge in [0.15, 0.2) is 12.6 Å². The number of aliphatic hydroxyl groups excluding tert-OH is 8. The molecule has 0 unspecified atom stereocenters. The Morgan fingerprint density at radius 2 is 1.40 bits per heavy atom. The van der Waals surface area contributed by atoms with Gasteiger partial charge in [-0.3, -0.25) is 4.79 Å². The van der Waals surface area contributed by atoms with E-state index >= 15 is 0 Å². The Morgan fingerprint density at radius 3 is 2.02 bits per heavy atom. The highest BCUT2D eigenvalue weighted by atomic mass is 16.7. The fourth-order valence-electron chi connectivity index (χ4n) is 5.91. The zero-order valence-electron chi connectivity index (χ0n) is 27.0. The quantitative estimate of drug-likeness (QED) is 0.0901. The summed E-state index contributed by atoms with van der Waals surface area (Å²) in [5.74, 6) is -0.889. The molecule has 1 aromatic carbocycles. The summed E-state index contributed by atoms with van der Waals surface area (Å²) in [4.78, 5) is 24.4. The molecule has 16 N–H and O–H groups in total. The summed E-state index contributed by atoms with van der Waals surface area (Å²) in [6.45, 7) is -1.18. The van der Waals surface area contributed by atoms with Crippen LogP contribution in [0.5, 0.6) is 0 Å². The molecule has 50 heavy (non-hydrogen) atoms. The maximum Gasteiger partial charge on any atom is 0.407 e. The number of carbonyl (C=O) groups is 2. The van der Waals surface area contributed by atoms with Crippen LogP contribution in [0.25, 0.3) is 0 Å². The molecular formula is C30H49N5O15. The number of carbonyl (C=O) groups excluding carboxylic acids is 2. The molecule has 2 heterocycles. The second-order valence-electron chi connectivity index (χ2n) is 12.6. The van der Waals surface area contributed by atoms with Gasteiger partial charge in [-0.25, -0.2) is 4.79 Å². The summed E-state index contributed by atoms with van der Waals surface area (Å²) in [5, 5.41) is 88.1. The number of rotatable bonds is 13. The van der Waals surface area contributed by atoms with Crippen LogP contribution in [0.1, 0.15) is 18.4 Å². The van der Waals surface area contributed by atoms with Crippen LogP contribution in [0.2, 0.25) is 0 Å². The lowest BCUT2D eigenvalue weighted by atomic mass is 9.84. The van der Waals surface area contributed by atoms with E-state index in [1.54, 1.807) is 24.3 Å². The van der Waals surface area contributed by atoms with E-state index in [1.807, 2.05) is 6.07 Å². The third kappa shape index (κ3) is 9.82. The first-order valence-electron chi connectivity index (χ1n) is 16.2. The predicted molar refractivity (Wildman–Crippen MR) is 167 cm³/mol. The lowest BCUT2D eigenvalue weighted by Gasteiger charge is -2.48. The topological polar surface area (TPSA) is 344 Å². The van der Waals surface area contributed by atoms with Gasteiger partial charge >= 0.3 is 6.09 Å². The fourth-order valence-corrected chi connectivity index (χ4v) is 5.91. The normalized spacial score (nSPS) is 39.7. The van der Waals surface area contributed by atoms with Crippen LogP contribution in [0, 0.1) is 0 Å². The van der Waals surface area contributed by atoms with E-state index in [0.29, 0.717) is 0 Å². The van der Waals surface area contributed by atoms with Gasteiger partial charge in [0.1, 0.15) is 73.8 Å². The summed E-state index contributed by atoms with van der Waals surface area (Å²) in [6.07, 6.45) is -21.0. The SMILES string of the molecule is N[C@@H]1[C@@H](O)[C@@H](O[C@@H]2[C@@H](O)[C@H](O[C@H]3O[C@H](CNC(=O)[C@@H](O)CCNC(=O)OCc4ccccc4)[C@@H](O)[C@H](O)[C@H]3O)[C@@H](N)C[C@H]2N)O[C@H](CO)[C@H]1O. The minimum absolute atomic E-state index is 0.0156. The number of nitrogens with two attached hydrogens (primary N) is 3. The average Bonchev–Trinajstić information content (AvgIpc) is 3.10. The monoisotopic (exact) mass is 719 g/mol. The Morgan fingerprint density at radius 1 is 0.800 bits per heavy atom. The molecule has 2 aliphatic heterocycles. The van der Waals surface area contributed by atoms with Gasteiger partial charge in [0.2, 0.25) is 5.91 Å². The number of benzene rings is 1. The van der Waals surface area contributed by atoms with Gasteiger partial charge in [0.25, 0.3) is 0 Å². The highest BCUT2D eigenvalue weighted by Gasteiger charge is 2.51. The lowest BCUT2D eigenvalue weighted by molar-refractivity contribution is -0.332. The van der Waals surface area contributed by atoms with E-state index in [1.165, 1.54) is 0 Å². The molecule has 3 aliphatic rings. The Labute approximate surface area is 287 Å². The van der Waals surface area contributed by atoms with Gasteiger partial charge < -0.3 is 92.4 Å². The molecule has 16 atom stereocenters. The molecule has 0 spiro atoms. The van der Waals surface area contributed by atoms with Crippen LogP contribution in [0.4, 0.5) is 4.79 Å². The van der Waals surface area contributed by atoms with Crippen molar-refractivity contribution >= 4 is 12.0 Å². The van der Waals surface area contributed by atoms with Gasteiger partial charge in [-0.2, -0.15) is 0 Å². The number of amides is 2. The van der Waals surface area contributed by atoms with Crippen molar-refractivity contribution in [3.63, 3.8) is 0 Å². The fraction of sp³-hybridized carbons (Fsp3) is 0.733. The molecule has 1 aliphatic carbocycles. The predicted octanol–water partition coefficient (Wildman–Crippen LogP) is -6.46. The maximum atomic E-state index is 12.5. The second kappa shape index (κ2) is 18.2. The molecule has 4 rings (SSSR count). The molecule has 0 bridgehead atoms. The van der Waals surface area contributed by atoms with Crippen LogP contribution in [0.15, 0.2) is 30.3 Å². The number of alkyl carbamates (subject to hydrolysis) is 1. The van der Waals surface area contributed by atoms with Crippen molar-refractivity contribution in [3.8, 4) is 0 Å². The molecule has 20 heteroatoms. The lowest BCUT2D eigenvalue weighted by Crippen LogP contribution is -2.68. The first-order valence-corrected chi connectivity index (χ1v) is 16.2. The third-order valence-corrected chi connectivity index (χ3v) is 8.93. The van der Waals surface area contributed by atoms with Crippen molar-refractivity contribution < 1.29 is 74.1 Å². The molecule has 2 amide bonds. The van der Waals surface area contributed by atoms with E-state index in [9.17, 15) is 50.4 Å². The summed E-state index contributed by atoms with van der Waals surface area (Å²) in [5.41, 5.74) is 19.0. The zero-order chi connectivity index (χ0) is 36.7. The Hall–Kier alpha value is -2.64. The van der Waals surface area contributed by atoms with E-state index in [2.05, 4.69) is 10.6 Å². The van der Waals surface area contributed by atoms with Gasteiger partial charge in [-0.05, 0) is 18.4 Å². The van der Waals surface area contributed by atoms with Gasteiger partial charge in [-0.15, -0.1) is 0 Å². The molecule has 1 saturated carbocycles. The van der Waals surface area contributed by atoms with Crippen LogP contribution in [0.3, 0.4) is 0 Å². The van der Waals surface area contributed by atoms with Crippen molar-refractivity contribution in [1.82, 2.24) is 10.6 Å². The van der Waals surface area contributed by atoms with E-state index in [0.717, 1.165) is 5.56 Å². The molecule has 284 valence electrons. The Balaban J connectivity index is 1.28. The number of ether oxygens (including phenoxy) is 5. The van der Waals surface area contributed by atoms with Crippen molar-refractivity contribution in [2.45, 2.75) is 117 Å². The summed E-state index contributed by atoms with van der Waals surface area (Å²) in [6, 6.07) is 5.79. The van der Waals surface area contributed by atoms with Crippen LogP contribution in [-0.4, -0.2) is 170 Å². The van der Waals surface area contributed by atoms with Crippen LogP contribution < -0.4 is 27.8 Å². The Bertz CT molecular complexity index is 1220. The minimum Gasteiger partial charge on any atom is -0.445 e. The van der Waals surface area contributed by atoms with Gasteiger partial charge in [0.05, 0.1) is 12.6 Å².